The molecule has 1 N–H and O–H groups in total. The lowest BCUT2D eigenvalue weighted by Crippen LogP contribution is -2.33. The van der Waals surface area contributed by atoms with Crippen LogP contribution in [-0.4, -0.2) is 5.71 Å². The molecule has 0 unspecified atom stereocenters. The Labute approximate surface area is 193 Å². The third-order valence-electron chi connectivity index (χ3n) is 6.61. The second-order valence-corrected chi connectivity index (χ2v) is 9.31. The fourth-order valence-electron chi connectivity index (χ4n) is 4.54. The molecule has 0 spiro atoms. The van der Waals surface area contributed by atoms with Crippen molar-refractivity contribution in [3.8, 4) is 0 Å². The van der Waals surface area contributed by atoms with E-state index in [2.05, 4.69) is 98.9 Å². The fourth-order valence-corrected chi connectivity index (χ4v) is 4.54. The first-order valence-corrected chi connectivity index (χ1v) is 12.2. The Bertz CT molecular complexity index is 1050. The Balaban J connectivity index is 1.67. The first kappa shape index (κ1) is 22.3. The van der Waals surface area contributed by atoms with E-state index < -0.39 is 0 Å². The maximum Gasteiger partial charge on any atom is 0.0864 e. The number of fused-ring (bicyclic) bond motifs is 1. The summed E-state index contributed by atoms with van der Waals surface area (Å²) in [6.07, 6.45) is 8.08. The lowest BCUT2D eigenvalue weighted by molar-refractivity contribution is 0.571. The van der Waals surface area contributed by atoms with Crippen LogP contribution >= 0.6 is 0 Å². The SMILES string of the molecule is CCCCc1ccc(C2=Nc3ccccc3N[C@](C)(c3ccc(CCCC)cc3)C2)cc1. The highest BCUT2D eigenvalue weighted by molar-refractivity contribution is 6.04. The van der Waals surface area contributed by atoms with Gasteiger partial charge in [0.25, 0.3) is 0 Å². The predicted molar refractivity (Wildman–Crippen MR) is 138 cm³/mol. The number of para-hydroxylation sites is 2. The standard InChI is InChI=1S/C30H36N2/c1-4-6-10-23-14-18-25(19-15-23)29-22-30(3,32-28-13-9-8-12-27(28)31-29)26-20-16-24(17-21-26)11-7-5-2/h8-9,12-21,32H,4-7,10-11,22H2,1-3H3/t30-/m0/s1. The van der Waals surface area contributed by atoms with Crippen LogP contribution in [0.2, 0.25) is 0 Å². The molecule has 1 aliphatic heterocycles. The van der Waals surface area contributed by atoms with Crippen LogP contribution in [0.4, 0.5) is 11.4 Å². The number of anilines is 1. The van der Waals surface area contributed by atoms with Gasteiger partial charge in [-0.15, -0.1) is 0 Å². The number of nitrogens with zero attached hydrogens (tertiary/aromatic N) is 1. The molecular formula is C30H36N2. The minimum atomic E-state index is -0.227. The van der Waals surface area contributed by atoms with Crippen LogP contribution < -0.4 is 5.32 Å². The van der Waals surface area contributed by atoms with E-state index in [9.17, 15) is 0 Å². The third-order valence-corrected chi connectivity index (χ3v) is 6.61. The van der Waals surface area contributed by atoms with E-state index in [1.807, 2.05) is 0 Å². The highest BCUT2D eigenvalue weighted by Gasteiger charge is 2.32. The molecule has 3 aromatic rings. The minimum absolute atomic E-state index is 0.227. The molecule has 1 aliphatic rings. The molecule has 0 aliphatic carbocycles. The van der Waals surface area contributed by atoms with Gasteiger partial charge in [-0.1, -0.05) is 87.4 Å². The van der Waals surface area contributed by atoms with Crippen molar-refractivity contribution in [1.29, 1.82) is 0 Å². The molecule has 1 atom stereocenters. The third kappa shape index (κ3) is 5.12. The van der Waals surface area contributed by atoms with E-state index in [1.165, 1.54) is 47.9 Å². The summed E-state index contributed by atoms with van der Waals surface area (Å²) < 4.78 is 0. The summed E-state index contributed by atoms with van der Waals surface area (Å²) >= 11 is 0. The van der Waals surface area contributed by atoms with Crippen LogP contribution in [0.3, 0.4) is 0 Å². The van der Waals surface area contributed by atoms with Gasteiger partial charge in [0.05, 0.1) is 22.6 Å². The van der Waals surface area contributed by atoms with Crippen LogP contribution in [-0.2, 0) is 18.4 Å². The highest BCUT2D eigenvalue weighted by Crippen LogP contribution is 2.39. The molecule has 0 saturated carbocycles. The van der Waals surface area contributed by atoms with Gasteiger partial charge in [-0.2, -0.15) is 0 Å². The number of aliphatic imine (C=N–C) groups is 1. The average molecular weight is 425 g/mol. The number of hydrogen-bond donors (Lipinski definition) is 1. The number of nitrogens with one attached hydrogen (secondary N) is 1. The predicted octanol–water partition coefficient (Wildman–Crippen LogP) is 8.22. The Morgan fingerprint density at radius 2 is 1.38 bits per heavy atom. The molecule has 2 nitrogen and oxygen atoms in total. The van der Waals surface area contributed by atoms with Gasteiger partial charge in [0.2, 0.25) is 0 Å². The molecule has 1 heterocycles. The zero-order valence-electron chi connectivity index (χ0n) is 19.8. The second-order valence-electron chi connectivity index (χ2n) is 9.31. The minimum Gasteiger partial charge on any atom is -0.374 e. The van der Waals surface area contributed by atoms with Crippen molar-refractivity contribution in [3.63, 3.8) is 0 Å². The number of benzene rings is 3. The molecule has 0 fully saturated rings. The molecular weight excluding hydrogens is 388 g/mol. The van der Waals surface area contributed by atoms with Crippen molar-refractivity contribution in [2.75, 3.05) is 5.32 Å². The largest absolute Gasteiger partial charge is 0.374 e. The van der Waals surface area contributed by atoms with Gasteiger partial charge < -0.3 is 5.32 Å². The van der Waals surface area contributed by atoms with Gasteiger partial charge >= 0.3 is 0 Å². The Kier molecular flexibility index (Phi) is 7.09. The zero-order chi connectivity index (χ0) is 22.4. The van der Waals surface area contributed by atoms with Crippen LogP contribution in [0.25, 0.3) is 0 Å². The van der Waals surface area contributed by atoms with Gasteiger partial charge in [0.15, 0.2) is 0 Å². The first-order chi connectivity index (χ1) is 15.6. The maximum atomic E-state index is 5.13. The van der Waals surface area contributed by atoms with Crippen LogP contribution in [0.5, 0.6) is 0 Å². The Morgan fingerprint density at radius 3 is 2.00 bits per heavy atom. The summed E-state index contributed by atoms with van der Waals surface area (Å²) in [5, 5.41) is 3.84. The van der Waals surface area contributed by atoms with Crippen LogP contribution in [0, 0.1) is 0 Å². The van der Waals surface area contributed by atoms with Crippen LogP contribution in [0.15, 0.2) is 77.8 Å². The summed E-state index contributed by atoms with van der Waals surface area (Å²) in [6.45, 7) is 6.80. The lowest BCUT2D eigenvalue weighted by atomic mass is 9.84. The smallest absolute Gasteiger partial charge is 0.0864 e. The molecule has 0 saturated heterocycles. The van der Waals surface area contributed by atoms with Crippen molar-refractivity contribution in [2.45, 2.75) is 71.3 Å². The van der Waals surface area contributed by atoms with Crippen LogP contribution in [0.1, 0.15) is 75.1 Å². The van der Waals surface area contributed by atoms with Crippen molar-refractivity contribution < 1.29 is 0 Å². The van der Waals surface area contributed by atoms with Crippen molar-refractivity contribution in [3.05, 3.63) is 95.1 Å². The molecule has 0 amide bonds. The summed E-state index contributed by atoms with van der Waals surface area (Å²) in [5.74, 6) is 0. The van der Waals surface area contributed by atoms with E-state index in [-0.39, 0.29) is 5.54 Å². The van der Waals surface area contributed by atoms with Gasteiger partial charge in [-0.05, 0) is 67.0 Å². The number of hydrogen-bond acceptors (Lipinski definition) is 2. The van der Waals surface area contributed by atoms with Gasteiger partial charge in [-0.3, -0.25) is 4.99 Å². The Hall–Kier alpha value is -2.87. The molecule has 0 radical (unpaired) electrons. The van der Waals surface area contributed by atoms with Gasteiger partial charge in [0.1, 0.15) is 0 Å². The molecule has 0 aromatic heterocycles. The summed E-state index contributed by atoms with van der Waals surface area (Å²) in [5.41, 5.74) is 8.38. The average Bonchev–Trinajstić information content (AvgIpc) is 2.98. The first-order valence-electron chi connectivity index (χ1n) is 12.2. The van der Waals surface area contributed by atoms with Crippen molar-refractivity contribution in [2.24, 2.45) is 4.99 Å². The topological polar surface area (TPSA) is 24.4 Å². The van der Waals surface area contributed by atoms with Gasteiger partial charge in [-0.25, -0.2) is 0 Å². The molecule has 2 heteroatoms. The summed E-state index contributed by atoms with van der Waals surface area (Å²) in [6, 6.07) is 26.7. The highest BCUT2D eigenvalue weighted by atomic mass is 15.0. The van der Waals surface area contributed by atoms with E-state index in [1.54, 1.807) is 0 Å². The molecule has 32 heavy (non-hydrogen) atoms. The second kappa shape index (κ2) is 10.2. The quantitative estimate of drug-likeness (QED) is 0.387. The van der Waals surface area contributed by atoms with Gasteiger partial charge in [0, 0.05) is 6.42 Å². The molecule has 3 aromatic carbocycles. The normalized spacial score (nSPS) is 17.8. The van der Waals surface area contributed by atoms with E-state index in [0.29, 0.717) is 0 Å². The molecule has 0 bridgehead atoms. The monoisotopic (exact) mass is 424 g/mol. The number of aryl methyl sites for hydroxylation is 2. The zero-order valence-corrected chi connectivity index (χ0v) is 19.8. The van der Waals surface area contributed by atoms with Crippen molar-refractivity contribution in [1.82, 2.24) is 0 Å². The van der Waals surface area contributed by atoms with E-state index in [0.717, 1.165) is 36.3 Å². The van der Waals surface area contributed by atoms with E-state index in [4.69, 9.17) is 4.99 Å². The van der Waals surface area contributed by atoms with E-state index >= 15 is 0 Å². The maximum absolute atomic E-state index is 5.13. The number of unbranched alkanes of at least 4 members (excludes halogenated alkanes) is 2. The van der Waals surface area contributed by atoms with Crippen molar-refractivity contribution >= 4 is 17.1 Å². The molecule has 4 rings (SSSR count). The lowest BCUT2D eigenvalue weighted by Gasteiger charge is -2.32. The fraction of sp³-hybridized carbons (Fsp3) is 0.367. The summed E-state index contributed by atoms with van der Waals surface area (Å²) in [4.78, 5) is 5.13. The number of rotatable bonds is 8. The summed E-state index contributed by atoms with van der Waals surface area (Å²) in [7, 11) is 0. The Morgan fingerprint density at radius 1 is 0.781 bits per heavy atom. The molecule has 166 valence electrons.